The molecule has 4 rings (SSSR count). The lowest BCUT2D eigenvalue weighted by atomic mass is 10.1. The van der Waals surface area contributed by atoms with E-state index in [1.165, 1.54) is 28.7 Å². The zero-order valence-electron chi connectivity index (χ0n) is 18.0. The van der Waals surface area contributed by atoms with Crippen molar-refractivity contribution in [2.45, 2.75) is 25.7 Å². The Morgan fingerprint density at radius 1 is 1.09 bits per heavy atom. The molecule has 2 aromatic heterocycles. The number of rotatable bonds is 5. The van der Waals surface area contributed by atoms with Crippen LogP contribution in [0.4, 0.5) is 18.9 Å². The second-order valence-corrected chi connectivity index (χ2v) is 8.04. The van der Waals surface area contributed by atoms with Gasteiger partial charge in [0.2, 0.25) is 5.91 Å². The van der Waals surface area contributed by atoms with Crippen LogP contribution in [0.3, 0.4) is 0 Å². The summed E-state index contributed by atoms with van der Waals surface area (Å²) >= 11 is 0. The molecule has 0 bridgehead atoms. The minimum atomic E-state index is -4.54. The number of hydrogen-bond donors (Lipinski definition) is 1. The summed E-state index contributed by atoms with van der Waals surface area (Å²) in [5.74, 6) is -0.482. The first-order chi connectivity index (χ1) is 15.7. The molecule has 33 heavy (non-hydrogen) atoms. The highest BCUT2D eigenvalue weighted by atomic mass is 19.4. The van der Waals surface area contributed by atoms with Gasteiger partial charge in [0.15, 0.2) is 0 Å². The predicted octanol–water partition coefficient (Wildman–Crippen LogP) is 2.86. The minimum absolute atomic E-state index is 0.140. The number of hydrogen-bond acceptors (Lipinski definition) is 5. The molecule has 0 radical (unpaired) electrons. The van der Waals surface area contributed by atoms with E-state index in [1.54, 1.807) is 25.3 Å². The van der Waals surface area contributed by atoms with E-state index in [0.717, 1.165) is 6.07 Å². The van der Waals surface area contributed by atoms with E-state index in [4.69, 9.17) is 0 Å². The van der Waals surface area contributed by atoms with Crippen LogP contribution in [0, 0.1) is 0 Å². The Morgan fingerprint density at radius 2 is 1.79 bits per heavy atom. The van der Waals surface area contributed by atoms with Gasteiger partial charge in [-0.3, -0.25) is 23.8 Å². The molecule has 3 heterocycles. The molecule has 10 heteroatoms. The van der Waals surface area contributed by atoms with Crippen molar-refractivity contribution in [3.63, 3.8) is 0 Å². The number of anilines is 1. The lowest BCUT2D eigenvalue weighted by Gasteiger charge is -2.37. The van der Waals surface area contributed by atoms with Crippen LogP contribution in [0.15, 0.2) is 59.5 Å². The number of aromatic nitrogens is 2. The Balaban J connectivity index is 1.35. The molecule has 1 fully saturated rings. The number of carbonyl (C=O) groups excluding carboxylic acids is 1. The van der Waals surface area contributed by atoms with Gasteiger partial charge in [0, 0.05) is 45.0 Å². The summed E-state index contributed by atoms with van der Waals surface area (Å²) in [6.07, 6.45) is -2.87. The Hall–Kier alpha value is -3.24. The molecule has 0 aliphatic carbocycles. The summed E-state index contributed by atoms with van der Waals surface area (Å²) in [7, 11) is 0. The van der Waals surface area contributed by atoms with Gasteiger partial charge < -0.3 is 5.32 Å². The van der Waals surface area contributed by atoms with Crippen LogP contribution in [0.2, 0.25) is 0 Å². The summed E-state index contributed by atoms with van der Waals surface area (Å²) in [5.41, 5.74) is 0.0132. The Labute approximate surface area is 188 Å². The largest absolute Gasteiger partial charge is 0.418 e. The Kier molecular flexibility index (Phi) is 6.48. The van der Waals surface area contributed by atoms with E-state index in [9.17, 15) is 22.8 Å². The quantitative estimate of drug-likeness (QED) is 0.636. The van der Waals surface area contributed by atoms with E-state index in [1.807, 2.05) is 11.0 Å². The van der Waals surface area contributed by atoms with Crippen LogP contribution in [-0.4, -0.2) is 57.3 Å². The molecule has 1 saturated heterocycles. The van der Waals surface area contributed by atoms with Crippen molar-refractivity contribution < 1.29 is 18.0 Å². The van der Waals surface area contributed by atoms with Crippen molar-refractivity contribution in [1.82, 2.24) is 19.2 Å². The average molecular weight is 459 g/mol. The van der Waals surface area contributed by atoms with Crippen LogP contribution in [-0.2, 0) is 17.5 Å². The summed E-state index contributed by atoms with van der Waals surface area (Å²) in [5, 5.41) is 2.43. The van der Waals surface area contributed by atoms with E-state index in [0.29, 0.717) is 44.1 Å². The fourth-order valence-electron chi connectivity index (χ4n) is 3.96. The van der Waals surface area contributed by atoms with Crippen molar-refractivity contribution in [3.05, 3.63) is 76.3 Å². The average Bonchev–Trinajstić information content (AvgIpc) is 2.79. The molecule has 1 atom stereocenters. The topological polar surface area (TPSA) is 70.0 Å². The van der Waals surface area contributed by atoms with E-state index < -0.39 is 23.7 Å². The van der Waals surface area contributed by atoms with Crippen LogP contribution in [0.5, 0.6) is 0 Å². The standard InChI is InChI=1S/C23H24F3N5O2/c1-16(22(33)28-19-7-3-2-6-18(19)23(24,25)26)30-12-10-29(11-13-30)15-17-14-21(32)31-9-5-4-8-20(31)27-17/h2-9,14,16H,10-13,15H2,1H3,(H,28,33)/t16-/m0/s1. The fraction of sp³-hybridized carbons (Fsp3) is 0.348. The summed E-state index contributed by atoms with van der Waals surface area (Å²) in [6, 6.07) is 11.3. The number of fused-ring (bicyclic) bond motifs is 1. The first-order valence-electron chi connectivity index (χ1n) is 10.6. The number of carbonyl (C=O) groups is 1. The highest BCUT2D eigenvalue weighted by molar-refractivity contribution is 5.95. The van der Waals surface area contributed by atoms with E-state index in [-0.39, 0.29) is 11.2 Å². The molecule has 1 aromatic carbocycles. The lowest BCUT2D eigenvalue weighted by Crippen LogP contribution is -2.52. The van der Waals surface area contributed by atoms with Crippen LogP contribution in [0.1, 0.15) is 18.2 Å². The van der Waals surface area contributed by atoms with Gasteiger partial charge in [0.25, 0.3) is 5.56 Å². The number of amides is 1. The molecule has 1 amide bonds. The predicted molar refractivity (Wildman–Crippen MR) is 118 cm³/mol. The van der Waals surface area contributed by atoms with Gasteiger partial charge >= 0.3 is 6.18 Å². The highest BCUT2D eigenvalue weighted by Gasteiger charge is 2.34. The molecule has 3 aromatic rings. The van der Waals surface area contributed by atoms with Gasteiger partial charge in [-0.05, 0) is 31.2 Å². The summed E-state index contributed by atoms with van der Waals surface area (Å²) in [4.78, 5) is 33.5. The number of pyridine rings is 1. The third-order valence-corrected chi connectivity index (χ3v) is 5.83. The number of nitrogens with zero attached hydrogens (tertiary/aromatic N) is 4. The molecule has 1 aliphatic heterocycles. The van der Waals surface area contributed by atoms with Crippen LogP contribution < -0.4 is 10.9 Å². The molecule has 0 unspecified atom stereocenters. The number of halogens is 3. The molecule has 1 aliphatic rings. The van der Waals surface area contributed by atoms with Gasteiger partial charge in [-0.1, -0.05) is 18.2 Å². The maximum atomic E-state index is 13.2. The number of piperazine rings is 1. The number of benzene rings is 1. The first-order valence-corrected chi connectivity index (χ1v) is 10.6. The van der Waals surface area contributed by atoms with Crippen molar-refractivity contribution >= 4 is 17.2 Å². The van der Waals surface area contributed by atoms with Gasteiger partial charge in [-0.15, -0.1) is 0 Å². The number of para-hydroxylation sites is 1. The Bertz CT molecular complexity index is 1200. The lowest BCUT2D eigenvalue weighted by molar-refractivity contribution is -0.137. The van der Waals surface area contributed by atoms with E-state index >= 15 is 0 Å². The van der Waals surface area contributed by atoms with Gasteiger partial charge in [0.1, 0.15) is 5.65 Å². The summed E-state index contributed by atoms with van der Waals surface area (Å²) < 4.78 is 41.1. The van der Waals surface area contributed by atoms with E-state index in [2.05, 4.69) is 15.2 Å². The van der Waals surface area contributed by atoms with Crippen LogP contribution in [0.25, 0.3) is 5.65 Å². The minimum Gasteiger partial charge on any atom is -0.324 e. The van der Waals surface area contributed by atoms with Crippen molar-refractivity contribution in [1.29, 1.82) is 0 Å². The molecule has 1 N–H and O–H groups in total. The van der Waals surface area contributed by atoms with Crippen molar-refractivity contribution in [3.8, 4) is 0 Å². The van der Waals surface area contributed by atoms with Gasteiger partial charge in [-0.25, -0.2) is 4.98 Å². The van der Waals surface area contributed by atoms with Crippen molar-refractivity contribution in [2.24, 2.45) is 0 Å². The van der Waals surface area contributed by atoms with Gasteiger partial charge in [-0.2, -0.15) is 13.2 Å². The Morgan fingerprint density at radius 3 is 2.52 bits per heavy atom. The SMILES string of the molecule is C[C@@H](C(=O)Nc1ccccc1C(F)(F)F)N1CCN(Cc2cc(=O)n3ccccc3n2)CC1. The number of alkyl halides is 3. The monoisotopic (exact) mass is 459 g/mol. The number of nitrogens with one attached hydrogen (secondary N) is 1. The second-order valence-electron chi connectivity index (χ2n) is 8.04. The normalized spacial score (nSPS) is 16.6. The van der Waals surface area contributed by atoms with Gasteiger partial charge in [0.05, 0.1) is 23.0 Å². The zero-order chi connectivity index (χ0) is 23.6. The second kappa shape index (κ2) is 9.32. The maximum Gasteiger partial charge on any atom is 0.418 e. The third-order valence-electron chi connectivity index (χ3n) is 5.83. The molecule has 0 spiro atoms. The smallest absolute Gasteiger partial charge is 0.324 e. The van der Waals surface area contributed by atoms with Crippen molar-refractivity contribution in [2.75, 3.05) is 31.5 Å². The molecule has 0 saturated carbocycles. The molecule has 174 valence electrons. The molecular formula is C23H24F3N5O2. The first kappa shape index (κ1) is 22.9. The third kappa shape index (κ3) is 5.23. The fourth-order valence-corrected chi connectivity index (χ4v) is 3.96. The zero-order valence-corrected chi connectivity index (χ0v) is 18.0. The van der Waals surface area contributed by atoms with Crippen LogP contribution >= 0.6 is 0 Å². The molecular weight excluding hydrogens is 435 g/mol. The molecule has 7 nitrogen and oxygen atoms in total. The maximum absolute atomic E-state index is 13.2. The highest BCUT2D eigenvalue weighted by Crippen LogP contribution is 2.34. The summed E-state index contributed by atoms with van der Waals surface area (Å²) in [6.45, 7) is 4.63.